The van der Waals surface area contributed by atoms with Crippen LogP contribution in [0.5, 0.6) is 11.5 Å². The molecule has 0 bridgehead atoms. The van der Waals surface area contributed by atoms with Crippen molar-refractivity contribution in [2.75, 3.05) is 7.11 Å². The fourth-order valence-electron chi connectivity index (χ4n) is 1.97. The van der Waals surface area contributed by atoms with E-state index in [1.165, 1.54) is 13.3 Å². The van der Waals surface area contributed by atoms with Crippen LogP contribution in [0.1, 0.15) is 15.9 Å². The number of rotatable bonds is 6. The van der Waals surface area contributed by atoms with Gasteiger partial charge in [0.15, 0.2) is 0 Å². The summed E-state index contributed by atoms with van der Waals surface area (Å²) in [5.41, 5.74) is 0.311. The zero-order valence-electron chi connectivity index (χ0n) is 13.3. The topological polar surface area (TPSA) is 157 Å². The van der Waals surface area contributed by atoms with Crippen LogP contribution < -0.4 is 10.2 Å². The minimum Gasteiger partial charge on any atom is -0.502 e. The minimum absolute atomic E-state index is 0.561. The van der Waals surface area contributed by atoms with Gasteiger partial charge in [-0.25, -0.2) is 5.43 Å². The minimum atomic E-state index is -1.05. The average Bonchev–Trinajstić information content (AvgIpc) is 2.61. The van der Waals surface area contributed by atoms with E-state index in [0.29, 0.717) is 17.4 Å². The molecule has 1 amide bonds. The second-order valence-corrected chi connectivity index (χ2v) is 4.85. The van der Waals surface area contributed by atoms with Gasteiger partial charge in [-0.05, 0) is 17.7 Å². The van der Waals surface area contributed by atoms with E-state index in [2.05, 4.69) is 5.10 Å². The predicted octanol–water partition coefficient (Wildman–Crippen LogP) is 1.98. The number of ether oxygens (including phenoxy) is 1. The number of benzene rings is 2. The van der Waals surface area contributed by atoms with Gasteiger partial charge in [0.25, 0.3) is 11.6 Å². The van der Waals surface area contributed by atoms with E-state index in [1.807, 2.05) is 5.43 Å². The van der Waals surface area contributed by atoms with Crippen molar-refractivity contribution in [3.63, 3.8) is 0 Å². The molecule has 26 heavy (non-hydrogen) atoms. The second kappa shape index (κ2) is 7.70. The quantitative estimate of drug-likeness (QED) is 0.453. The second-order valence-electron chi connectivity index (χ2n) is 4.85. The Morgan fingerprint density at radius 1 is 1.23 bits per heavy atom. The first-order valence-electron chi connectivity index (χ1n) is 6.96. The summed E-state index contributed by atoms with van der Waals surface area (Å²) in [5, 5.41) is 35.2. The molecule has 0 aliphatic heterocycles. The Bertz CT molecular complexity index is 911. The number of nitrogens with one attached hydrogen (secondary N) is 1. The molecule has 11 heteroatoms. The number of carbonyl (C=O) groups is 1. The van der Waals surface area contributed by atoms with Gasteiger partial charge in [0.1, 0.15) is 5.75 Å². The first-order valence-corrected chi connectivity index (χ1v) is 6.96. The van der Waals surface area contributed by atoms with Crippen molar-refractivity contribution < 1.29 is 24.5 Å². The molecule has 0 heterocycles. The molecule has 0 spiro atoms. The van der Waals surface area contributed by atoms with E-state index in [9.17, 15) is 30.1 Å². The fraction of sp³-hybridized carbons (Fsp3) is 0.0667. The molecule has 2 rings (SSSR count). The highest BCUT2D eigenvalue weighted by Crippen LogP contribution is 2.34. The van der Waals surface area contributed by atoms with Crippen molar-refractivity contribution in [1.82, 2.24) is 5.43 Å². The zero-order valence-corrected chi connectivity index (χ0v) is 13.3. The van der Waals surface area contributed by atoms with Gasteiger partial charge in [0.2, 0.25) is 5.75 Å². The summed E-state index contributed by atoms with van der Waals surface area (Å²) < 4.78 is 5.03. The summed E-state index contributed by atoms with van der Waals surface area (Å²) >= 11 is 0. The van der Waals surface area contributed by atoms with E-state index in [0.717, 1.165) is 6.07 Å². The first kappa shape index (κ1) is 18.3. The Labute approximate surface area is 145 Å². The number of phenols is 1. The molecule has 2 N–H and O–H groups in total. The molecule has 0 saturated carbocycles. The first-order chi connectivity index (χ1) is 12.3. The maximum absolute atomic E-state index is 12.1. The number of nitro groups is 2. The summed E-state index contributed by atoms with van der Waals surface area (Å²) in [6.45, 7) is 0. The van der Waals surface area contributed by atoms with Crippen molar-refractivity contribution in [2.45, 2.75) is 0 Å². The molecule has 134 valence electrons. The molecule has 0 fully saturated rings. The van der Waals surface area contributed by atoms with E-state index in [-0.39, 0.29) is 0 Å². The Balaban J connectivity index is 2.27. The molecular formula is C15H12N4O7. The van der Waals surface area contributed by atoms with Crippen LogP contribution in [0.2, 0.25) is 0 Å². The van der Waals surface area contributed by atoms with Crippen LogP contribution in [-0.2, 0) is 0 Å². The number of carbonyl (C=O) groups excluding carboxylic acids is 1. The maximum Gasteiger partial charge on any atom is 0.318 e. The van der Waals surface area contributed by atoms with Crippen LogP contribution in [0.25, 0.3) is 0 Å². The molecule has 2 aromatic rings. The standard InChI is InChI=1S/C15H12N4O7/c1-26-11-4-2-3-9(5-11)8-16-17-15(21)12-6-10(18(22)23)7-13(14(12)20)19(24)25/h2-8,20H,1H3,(H,17,21). The number of hydrogen-bond acceptors (Lipinski definition) is 8. The lowest BCUT2D eigenvalue weighted by atomic mass is 10.1. The van der Waals surface area contributed by atoms with Crippen molar-refractivity contribution in [1.29, 1.82) is 0 Å². The fourth-order valence-corrected chi connectivity index (χ4v) is 1.97. The molecule has 0 aliphatic rings. The van der Waals surface area contributed by atoms with Gasteiger partial charge in [-0.15, -0.1) is 0 Å². The van der Waals surface area contributed by atoms with Crippen molar-refractivity contribution in [3.8, 4) is 11.5 Å². The van der Waals surface area contributed by atoms with Gasteiger partial charge in [0.05, 0.1) is 34.8 Å². The molecule has 11 nitrogen and oxygen atoms in total. The van der Waals surface area contributed by atoms with Crippen LogP contribution in [0.3, 0.4) is 0 Å². The summed E-state index contributed by atoms with van der Waals surface area (Å²) in [4.78, 5) is 31.9. The molecular weight excluding hydrogens is 348 g/mol. The number of aromatic hydroxyl groups is 1. The number of hydrogen-bond donors (Lipinski definition) is 2. The van der Waals surface area contributed by atoms with Crippen molar-refractivity contribution in [3.05, 3.63) is 67.8 Å². The monoisotopic (exact) mass is 360 g/mol. The SMILES string of the molecule is COc1cccc(C=NNC(=O)c2cc([N+](=O)[O-])cc([N+](=O)[O-])c2O)c1. The average molecular weight is 360 g/mol. The van der Waals surface area contributed by atoms with Crippen LogP contribution in [0, 0.1) is 20.2 Å². The van der Waals surface area contributed by atoms with Crippen molar-refractivity contribution in [2.24, 2.45) is 5.10 Å². The molecule has 0 aliphatic carbocycles. The van der Waals surface area contributed by atoms with Crippen molar-refractivity contribution >= 4 is 23.5 Å². The van der Waals surface area contributed by atoms with Crippen LogP contribution >= 0.6 is 0 Å². The third kappa shape index (κ3) is 4.08. The number of phenolic OH excluding ortho intramolecular Hbond substituents is 1. The Morgan fingerprint density at radius 2 is 1.96 bits per heavy atom. The lowest BCUT2D eigenvalue weighted by Gasteiger charge is -2.04. The number of nitrogens with zero attached hydrogens (tertiary/aromatic N) is 3. The molecule has 0 radical (unpaired) electrons. The zero-order chi connectivity index (χ0) is 19.3. The van der Waals surface area contributed by atoms with E-state index in [1.54, 1.807) is 24.3 Å². The summed E-state index contributed by atoms with van der Waals surface area (Å²) in [6.07, 6.45) is 1.27. The van der Waals surface area contributed by atoms with Gasteiger partial charge < -0.3 is 9.84 Å². The summed E-state index contributed by atoms with van der Waals surface area (Å²) in [7, 11) is 1.48. The van der Waals surface area contributed by atoms with Gasteiger partial charge in [-0.2, -0.15) is 5.10 Å². The highest BCUT2D eigenvalue weighted by molar-refractivity contribution is 5.99. The number of methoxy groups -OCH3 is 1. The van der Waals surface area contributed by atoms with E-state index < -0.39 is 38.4 Å². The van der Waals surface area contributed by atoms with E-state index in [4.69, 9.17) is 4.74 Å². The Kier molecular flexibility index (Phi) is 5.43. The van der Waals surface area contributed by atoms with E-state index >= 15 is 0 Å². The molecule has 0 unspecified atom stereocenters. The largest absolute Gasteiger partial charge is 0.502 e. The van der Waals surface area contributed by atoms with Gasteiger partial charge in [-0.1, -0.05) is 12.1 Å². The molecule has 2 aromatic carbocycles. The normalized spacial score (nSPS) is 10.5. The number of non-ortho nitro benzene ring substituents is 1. The highest BCUT2D eigenvalue weighted by Gasteiger charge is 2.27. The lowest BCUT2D eigenvalue weighted by Crippen LogP contribution is -2.18. The number of hydrazone groups is 1. The van der Waals surface area contributed by atoms with Gasteiger partial charge in [-0.3, -0.25) is 25.0 Å². The number of amides is 1. The third-order valence-corrected chi connectivity index (χ3v) is 3.20. The molecule has 0 saturated heterocycles. The maximum atomic E-state index is 12.1. The Morgan fingerprint density at radius 3 is 2.58 bits per heavy atom. The Hall–Kier alpha value is -4.02. The third-order valence-electron chi connectivity index (χ3n) is 3.20. The molecule has 0 aromatic heterocycles. The smallest absolute Gasteiger partial charge is 0.318 e. The highest BCUT2D eigenvalue weighted by atomic mass is 16.6. The lowest BCUT2D eigenvalue weighted by molar-refractivity contribution is -0.394. The van der Waals surface area contributed by atoms with Gasteiger partial charge >= 0.3 is 5.69 Å². The van der Waals surface area contributed by atoms with Crippen LogP contribution in [0.4, 0.5) is 11.4 Å². The van der Waals surface area contributed by atoms with Crippen LogP contribution in [-0.4, -0.2) is 34.2 Å². The van der Waals surface area contributed by atoms with Crippen LogP contribution in [0.15, 0.2) is 41.5 Å². The predicted molar refractivity (Wildman–Crippen MR) is 89.5 cm³/mol. The molecule has 0 atom stereocenters. The number of nitro benzene ring substituents is 2. The summed E-state index contributed by atoms with van der Waals surface area (Å²) in [5.74, 6) is -1.48. The van der Waals surface area contributed by atoms with Gasteiger partial charge in [0, 0.05) is 6.07 Å². The summed E-state index contributed by atoms with van der Waals surface area (Å²) in [6, 6.07) is 7.98.